The standard InChI is InChI=1S/C10H19NO5S.H2O/c1-5-10(12)16-9(2)11(3,4)7-6-8-17(13,14)15;/h5,9H,1,6-8H2,2-4H3;1H2. The van der Waals surface area contributed by atoms with Gasteiger partial charge in [-0.1, -0.05) is 6.58 Å². The fourth-order valence-electron chi connectivity index (χ4n) is 1.20. The molecule has 0 radical (unpaired) electrons. The zero-order valence-electron chi connectivity index (χ0n) is 10.9. The average Bonchev–Trinajstić information content (AvgIpc) is 2.14. The fraction of sp³-hybridized carbons (Fsp3) is 0.700. The number of carbonyl (C=O) groups excluding carboxylic acids is 1. The number of nitrogens with zero attached hydrogens (tertiary/aromatic N) is 1. The Balaban J connectivity index is 0. The molecule has 8 heteroatoms. The SMILES string of the molecule is C=CC(=O)OC(C)[N+](C)(C)CCCS(=O)(=O)O.[OH-]. The van der Waals surface area contributed by atoms with E-state index in [1.807, 2.05) is 14.1 Å². The van der Waals surface area contributed by atoms with Gasteiger partial charge in [0.1, 0.15) is 0 Å². The molecule has 0 saturated carbocycles. The second kappa shape index (κ2) is 7.47. The summed E-state index contributed by atoms with van der Waals surface area (Å²) in [5.74, 6) is -0.810. The molecule has 0 amide bonds. The molecule has 0 spiro atoms. The second-order valence-corrected chi connectivity index (χ2v) is 5.95. The molecular weight excluding hydrogens is 262 g/mol. The Kier molecular flexibility index (Phi) is 8.04. The molecule has 0 aromatic carbocycles. The number of ether oxygens (including phenoxy) is 1. The molecule has 108 valence electrons. The van der Waals surface area contributed by atoms with Gasteiger partial charge in [-0.05, 0) is 0 Å². The van der Waals surface area contributed by atoms with E-state index in [1.165, 1.54) is 0 Å². The van der Waals surface area contributed by atoms with Crippen LogP contribution in [-0.2, 0) is 19.6 Å². The van der Waals surface area contributed by atoms with Crippen molar-refractivity contribution in [1.82, 2.24) is 0 Å². The first-order valence-corrected chi connectivity index (χ1v) is 6.80. The zero-order chi connectivity index (χ0) is 13.7. The minimum absolute atomic E-state index is 0. The van der Waals surface area contributed by atoms with Gasteiger partial charge in [0.2, 0.25) is 6.23 Å². The van der Waals surface area contributed by atoms with E-state index in [4.69, 9.17) is 9.29 Å². The van der Waals surface area contributed by atoms with Gasteiger partial charge in [-0.15, -0.1) is 0 Å². The third kappa shape index (κ3) is 8.18. The fourth-order valence-corrected chi connectivity index (χ4v) is 1.69. The normalized spacial score (nSPS) is 13.3. The molecular formula is C10H21NO6S. The third-order valence-corrected chi connectivity index (χ3v) is 3.38. The molecule has 7 nitrogen and oxygen atoms in total. The minimum atomic E-state index is -3.93. The lowest BCUT2D eigenvalue weighted by atomic mass is 10.3. The summed E-state index contributed by atoms with van der Waals surface area (Å²) >= 11 is 0. The third-order valence-electron chi connectivity index (χ3n) is 2.57. The summed E-state index contributed by atoms with van der Waals surface area (Å²) in [6.07, 6.45) is 0.957. The Bertz CT molecular complexity index is 376. The summed E-state index contributed by atoms with van der Waals surface area (Å²) in [7, 11) is -0.313. The molecule has 0 aromatic rings. The van der Waals surface area contributed by atoms with Gasteiger partial charge >= 0.3 is 5.97 Å². The number of hydrogen-bond acceptors (Lipinski definition) is 5. The van der Waals surface area contributed by atoms with Crippen molar-refractivity contribution in [2.75, 3.05) is 26.4 Å². The molecule has 0 fully saturated rings. The monoisotopic (exact) mass is 283 g/mol. The highest BCUT2D eigenvalue weighted by Gasteiger charge is 2.26. The highest BCUT2D eigenvalue weighted by molar-refractivity contribution is 7.85. The number of carbonyl (C=O) groups is 1. The first-order valence-electron chi connectivity index (χ1n) is 5.19. The highest BCUT2D eigenvalue weighted by atomic mass is 32.2. The molecule has 0 aliphatic carbocycles. The molecule has 1 atom stereocenters. The smallest absolute Gasteiger partial charge is 0.334 e. The van der Waals surface area contributed by atoms with Crippen LogP contribution in [0.25, 0.3) is 0 Å². The number of rotatable bonds is 7. The van der Waals surface area contributed by atoms with E-state index in [9.17, 15) is 13.2 Å². The van der Waals surface area contributed by atoms with Crippen molar-refractivity contribution in [3.05, 3.63) is 12.7 Å². The van der Waals surface area contributed by atoms with Crippen LogP contribution < -0.4 is 0 Å². The van der Waals surface area contributed by atoms with Crippen LogP contribution in [0.5, 0.6) is 0 Å². The molecule has 0 aliphatic heterocycles. The van der Waals surface area contributed by atoms with E-state index in [0.717, 1.165) is 6.08 Å². The minimum Gasteiger partial charge on any atom is -0.870 e. The van der Waals surface area contributed by atoms with Crippen LogP contribution >= 0.6 is 0 Å². The van der Waals surface area contributed by atoms with Crippen molar-refractivity contribution in [2.45, 2.75) is 19.6 Å². The van der Waals surface area contributed by atoms with Crippen LogP contribution in [0.3, 0.4) is 0 Å². The summed E-state index contributed by atoms with van der Waals surface area (Å²) in [5, 5.41) is 0. The van der Waals surface area contributed by atoms with Crippen LogP contribution in [0.1, 0.15) is 13.3 Å². The molecule has 0 bridgehead atoms. The van der Waals surface area contributed by atoms with E-state index in [1.54, 1.807) is 6.92 Å². The van der Waals surface area contributed by atoms with Gasteiger partial charge in [-0.25, -0.2) is 4.79 Å². The van der Waals surface area contributed by atoms with Crippen LogP contribution in [0.4, 0.5) is 0 Å². The number of esters is 1. The van der Waals surface area contributed by atoms with Crippen LogP contribution in [0.15, 0.2) is 12.7 Å². The molecule has 0 saturated heterocycles. The Morgan fingerprint density at radius 2 is 2.00 bits per heavy atom. The van der Waals surface area contributed by atoms with Gasteiger partial charge in [-0.2, -0.15) is 8.42 Å². The first kappa shape index (κ1) is 19.4. The Morgan fingerprint density at radius 1 is 1.50 bits per heavy atom. The summed E-state index contributed by atoms with van der Waals surface area (Å²) in [5.41, 5.74) is 0. The summed E-state index contributed by atoms with van der Waals surface area (Å²) in [6.45, 7) is 5.48. The molecule has 18 heavy (non-hydrogen) atoms. The molecule has 0 heterocycles. The Labute approximate surface area is 108 Å². The van der Waals surface area contributed by atoms with E-state index in [-0.39, 0.29) is 11.2 Å². The lowest BCUT2D eigenvalue weighted by Crippen LogP contribution is -2.50. The van der Waals surface area contributed by atoms with Crippen LogP contribution in [0.2, 0.25) is 0 Å². The maximum absolute atomic E-state index is 11.0. The van der Waals surface area contributed by atoms with Crippen LogP contribution in [-0.4, -0.2) is 61.5 Å². The van der Waals surface area contributed by atoms with Gasteiger partial charge < -0.3 is 10.2 Å². The van der Waals surface area contributed by atoms with Crippen LogP contribution in [0, 0.1) is 0 Å². The summed E-state index contributed by atoms with van der Waals surface area (Å²) < 4.78 is 35.1. The van der Waals surface area contributed by atoms with Gasteiger partial charge in [0.05, 0.1) is 26.4 Å². The van der Waals surface area contributed by atoms with E-state index >= 15 is 0 Å². The Morgan fingerprint density at radius 3 is 2.39 bits per heavy atom. The lowest BCUT2D eigenvalue weighted by molar-refractivity contribution is -0.932. The molecule has 1 unspecified atom stereocenters. The topological polar surface area (TPSA) is 111 Å². The van der Waals surface area contributed by atoms with Crippen molar-refractivity contribution in [1.29, 1.82) is 0 Å². The second-order valence-electron chi connectivity index (χ2n) is 4.38. The van der Waals surface area contributed by atoms with E-state index in [2.05, 4.69) is 6.58 Å². The quantitative estimate of drug-likeness (QED) is 0.235. The van der Waals surface area contributed by atoms with Crippen molar-refractivity contribution in [3.63, 3.8) is 0 Å². The van der Waals surface area contributed by atoms with Gasteiger partial charge in [0.25, 0.3) is 10.1 Å². The maximum atomic E-state index is 11.0. The van der Waals surface area contributed by atoms with Gasteiger partial charge in [-0.3, -0.25) is 9.04 Å². The van der Waals surface area contributed by atoms with E-state index < -0.39 is 22.3 Å². The van der Waals surface area contributed by atoms with Crippen molar-refractivity contribution in [3.8, 4) is 0 Å². The Hall–Kier alpha value is -0.960. The lowest BCUT2D eigenvalue weighted by Gasteiger charge is -2.34. The summed E-state index contributed by atoms with van der Waals surface area (Å²) in [6, 6.07) is 0. The molecule has 0 aromatic heterocycles. The summed E-state index contributed by atoms with van der Waals surface area (Å²) in [4.78, 5) is 11.0. The predicted octanol–water partition coefficient (Wildman–Crippen LogP) is 0.239. The zero-order valence-corrected chi connectivity index (χ0v) is 11.7. The van der Waals surface area contributed by atoms with Crippen molar-refractivity contribution >= 4 is 16.1 Å². The van der Waals surface area contributed by atoms with Crippen molar-refractivity contribution in [2.24, 2.45) is 0 Å². The largest absolute Gasteiger partial charge is 0.870 e. The molecule has 0 aliphatic rings. The predicted molar refractivity (Wildman–Crippen MR) is 65.7 cm³/mol. The first-order chi connectivity index (χ1) is 7.58. The van der Waals surface area contributed by atoms with Gasteiger partial charge in [0, 0.05) is 19.4 Å². The number of hydrogen-bond donors (Lipinski definition) is 1. The number of quaternary nitrogens is 1. The van der Waals surface area contributed by atoms with Crippen molar-refractivity contribution < 1.29 is 32.5 Å². The highest BCUT2D eigenvalue weighted by Crippen LogP contribution is 2.10. The average molecular weight is 283 g/mol. The maximum Gasteiger partial charge on any atom is 0.334 e. The molecule has 2 N–H and O–H groups in total. The van der Waals surface area contributed by atoms with E-state index in [0.29, 0.717) is 17.4 Å². The van der Waals surface area contributed by atoms with Gasteiger partial charge in [0.15, 0.2) is 0 Å². The molecule has 0 rings (SSSR count).